The smallest absolute Gasteiger partial charge is 0.319 e. The number of imidazole rings is 1. The van der Waals surface area contributed by atoms with Crippen molar-refractivity contribution in [3.8, 4) is 11.3 Å². The summed E-state index contributed by atoms with van der Waals surface area (Å²) in [7, 11) is 0. The van der Waals surface area contributed by atoms with Crippen molar-refractivity contribution in [3.05, 3.63) is 36.3 Å². The number of fused-ring (bicyclic) bond motifs is 1. The first kappa shape index (κ1) is 12.7. The third-order valence-electron chi connectivity index (χ3n) is 3.50. The lowest BCUT2D eigenvalue weighted by Crippen LogP contribution is -2.28. The van der Waals surface area contributed by atoms with Crippen LogP contribution < -0.4 is 10.6 Å². The number of anilines is 1. The minimum atomic E-state index is -0.175. The van der Waals surface area contributed by atoms with Gasteiger partial charge in [-0.3, -0.25) is 0 Å². The Labute approximate surface area is 118 Å². The van der Waals surface area contributed by atoms with Gasteiger partial charge in [0.25, 0.3) is 0 Å². The van der Waals surface area contributed by atoms with Crippen molar-refractivity contribution in [2.75, 3.05) is 11.9 Å². The van der Waals surface area contributed by atoms with E-state index in [1.165, 1.54) is 12.2 Å². The molecule has 0 unspecified atom stereocenters. The number of urea groups is 1. The van der Waals surface area contributed by atoms with E-state index in [1.54, 1.807) is 0 Å². The van der Waals surface area contributed by atoms with Crippen LogP contribution in [-0.2, 0) is 13.0 Å². The van der Waals surface area contributed by atoms with Gasteiger partial charge in [-0.15, -0.1) is 0 Å². The van der Waals surface area contributed by atoms with Crippen LogP contribution in [0.1, 0.15) is 19.2 Å². The predicted molar refractivity (Wildman–Crippen MR) is 78.7 cm³/mol. The van der Waals surface area contributed by atoms with E-state index in [1.807, 2.05) is 37.4 Å². The van der Waals surface area contributed by atoms with E-state index >= 15 is 0 Å². The highest BCUT2D eigenvalue weighted by Gasteiger charge is 2.16. The first-order valence-electron chi connectivity index (χ1n) is 6.97. The van der Waals surface area contributed by atoms with Gasteiger partial charge in [-0.05, 0) is 31.0 Å². The van der Waals surface area contributed by atoms with Crippen LogP contribution in [0, 0.1) is 0 Å². The summed E-state index contributed by atoms with van der Waals surface area (Å²) >= 11 is 0. The van der Waals surface area contributed by atoms with E-state index in [0.29, 0.717) is 6.54 Å². The number of nitrogens with one attached hydrogen (secondary N) is 2. The summed E-state index contributed by atoms with van der Waals surface area (Å²) in [5, 5.41) is 5.50. The summed E-state index contributed by atoms with van der Waals surface area (Å²) in [6.07, 6.45) is 4.17. The SMILES string of the molecule is CCNC(=O)Nc1ccc(-c2cnc3n2CCC3)cc1. The maximum atomic E-state index is 11.4. The Morgan fingerprint density at radius 2 is 2.15 bits per heavy atom. The molecule has 0 fully saturated rings. The Hall–Kier alpha value is -2.30. The van der Waals surface area contributed by atoms with E-state index in [-0.39, 0.29) is 6.03 Å². The molecule has 5 heteroatoms. The van der Waals surface area contributed by atoms with Crippen molar-refractivity contribution in [3.63, 3.8) is 0 Å². The molecule has 0 spiro atoms. The van der Waals surface area contributed by atoms with Gasteiger partial charge < -0.3 is 15.2 Å². The second kappa shape index (κ2) is 5.36. The van der Waals surface area contributed by atoms with E-state index < -0.39 is 0 Å². The first-order valence-corrected chi connectivity index (χ1v) is 6.97. The molecule has 5 nitrogen and oxygen atoms in total. The standard InChI is InChI=1S/C15H18N4O/c1-2-16-15(20)18-12-7-5-11(6-8-12)13-10-17-14-4-3-9-19(13)14/h5-8,10H,2-4,9H2,1H3,(H2,16,18,20). The third kappa shape index (κ3) is 2.39. The zero-order valence-electron chi connectivity index (χ0n) is 11.5. The highest BCUT2D eigenvalue weighted by molar-refractivity contribution is 5.89. The molecule has 104 valence electrons. The minimum Gasteiger partial charge on any atom is -0.338 e. The maximum absolute atomic E-state index is 11.4. The van der Waals surface area contributed by atoms with E-state index in [9.17, 15) is 4.79 Å². The zero-order valence-corrected chi connectivity index (χ0v) is 11.5. The number of aromatic nitrogens is 2. The molecular weight excluding hydrogens is 252 g/mol. The lowest BCUT2D eigenvalue weighted by atomic mass is 10.1. The number of hydrogen-bond acceptors (Lipinski definition) is 2. The lowest BCUT2D eigenvalue weighted by Gasteiger charge is -2.08. The molecule has 20 heavy (non-hydrogen) atoms. The van der Waals surface area contributed by atoms with Gasteiger partial charge in [-0.2, -0.15) is 0 Å². The predicted octanol–water partition coefficient (Wildman–Crippen LogP) is 2.64. The summed E-state index contributed by atoms with van der Waals surface area (Å²) in [6, 6.07) is 7.69. The van der Waals surface area contributed by atoms with Crippen molar-refractivity contribution in [1.29, 1.82) is 0 Å². The molecule has 2 heterocycles. The van der Waals surface area contributed by atoms with Gasteiger partial charge >= 0.3 is 6.03 Å². The van der Waals surface area contributed by atoms with Crippen LogP contribution in [0.15, 0.2) is 30.5 Å². The normalized spacial score (nSPS) is 13.1. The summed E-state index contributed by atoms with van der Waals surface area (Å²) in [5.41, 5.74) is 3.08. The van der Waals surface area contributed by atoms with Gasteiger partial charge in [-0.25, -0.2) is 9.78 Å². The number of aryl methyl sites for hydroxylation is 1. The average molecular weight is 270 g/mol. The molecule has 2 aromatic rings. The second-order valence-electron chi connectivity index (χ2n) is 4.88. The molecule has 2 N–H and O–H groups in total. The van der Waals surface area contributed by atoms with Crippen LogP contribution in [0.5, 0.6) is 0 Å². The fraction of sp³-hybridized carbons (Fsp3) is 0.333. The highest BCUT2D eigenvalue weighted by atomic mass is 16.2. The number of benzene rings is 1. The fourth-order valence-corrected chi connectivity index (χ4v) is 2.55. The molecule has 0 saturated carbocycles. The number of carbonyl (C=O) groups is 1. The molecule has 0 radical (unpaired) electrons. The largest absolute Gasteiger partial charge is 0.338 e. The van der Waals surface area contributed by atoms with E-state index in [0.717, 1.165) is 29.9 Å². The van der Waals surface area contributed by atoms with Gasteiger partial charge in [0.2, 0.25) is 0 Å². The molecule has 1 aromatic heterocycles. The summed E-state index contributed by atoms with van der Waals surface area (Å²) in [4.78, 5) is 15.9. The number of amides is 2. The highest BCUT2D eigenvalue weighted by Crippen LogP contribution is 2.26. The number of hydrogen-bond donors (Lipinski definition) is 2. The minimum absolute atomic E-state index is 0.175. The molecule has 3 rings (SSSR count). The van der Waals surface area contributed by atoms with Crippen LogP contribution >= 0.6 is 0 Å². The van der Waals surface area contributed by atoms with Gasteiger partial charge in [0.15, 0.2) is 0 Å². The van der Waals surface area contributed by atoms with Crippen molar-refractivity contribution < 1.29 is 4.79 Å². The van der Waals surface area contributed by atoms with Gasteiger partial charge in [0.05, 0.1) is 11.9 Å². The van der Waals surface area contributed by atoms with Crippen LogP contribution in [0.3, 0.4) is 0 Å². The van der Waals surface area contributed by atoms with E-state index in [4.69, 9.17) is 0 Å². The summed E-state index contributed by atoms with van der Waals surface area (Å²) in [5.74, 6) is 1.17. The Morgan fingerprint density at radius 1 is 1.35 bits per heavy atom. The average Bonchev–Trinajstić information content (AvgIpc) is 3.02. The Bertz CT molecular complexity index is 615. The Kier molecular flexibility index (Phi) is 3.41. The van der Waals surface area contributed by atoms with Gasteiger partial charge in [0.1, 0.15) is 5.82 Å². The molecule has 1 aliphatic rings. The third-order valence-corrected chi connectivity index (χ3v) is 3.50. The molecular formula is C15H18N4O. The molecule has 0 saturated heterocycles. The lowest BCUT2D eigenvalue weighted by molar-refractivity contribution is 0.252. The molecule has 1 aromatic carbocycles. The van der Waals surface area contributed by atoms with Crippen LogP contribution in [0.25, 0.3) is 11.3 Å². The monoisotopic (exact) mass is 270 g/mol. The zero-order chi connectivity index (χ0) is 13.9. The van der Waals surface area contributed by atoms with Crippen molar-refractivity contribution in [2.24, 2.45) is 0 Å². The molecule has 0 bridgehead atoms. The summed E-state index contributed by atoms with van der Waals surface area (Å²) < 4.78 is 2.27. The number of nitrogens with zero attached hydrogens (tertiary/aromatic N) is 2. The summed E-state index contributed by atoms with van der Waals surface area (Å²) in [6.45, 7) is 3.55. The van der Waals surface area contributed by atoms with Gasteiger partial charge in [-0.1, -0.05) is 12.1 Å². The first-order chi connectivity index (χ1) is 9.78. The Balaban J connectivity index is 1.77. The molecule has 1 aliphatic heterocycles. The topological polar surface area (TPSA) is 59.0 Å². The van der Waals surface area contributed by atoms with Crippen LogP contribution in [-0.4, -0.2) is 22.1 Å². The Morgan fingerprint density at radius 3 is 2.90 bits per heavy atom. The quantitative estimate of drug-likeness (QED) is 0.900. The fourth-order valence-electron chi connectivity index (χ4n) is 2.55. The molecule has 0 atom stereocenters. The van der Waals surface area contributed by atoms with Crippen LogP contribution in [0.2, 0.25) is 0 Å². The van der Waals surface area contributed by atoms with Crippen LogP contribution in [0.4, 0.5) is 10.5 Å². The maximum Gasteiger partial charge on any atom is 0.319 e. The van der Waals surface area contributed by atoms with Crippen molar-refractivity contribution >= 4 is 11.7 Å². The molecule has 2 amide bonds. The van der Waals surface area contributed by atoms with E-state index in [2.05, 4.69) is 20.2 Å². The number of carbonyl (C=O) groups excluding carboxylic acids is 1. The number of rotatable bonds is 3. The van der Waals surface area contributed by atoms with Crippen molar-refractivity contribution in [1.82, 2.24) is 14.9 Å². The van der Waals surface area contributed by atoms with Crippen molar-refractivity contribution in [2.45, 2.75) is 26.3 Å². The van der Waals surface area contributed by atoms with Gasteiger partial charge in [0, 0.05) is 25.2 Å². The molecule has 0 aliphatic carbocycles. The second-order valence-corrected chi connectivity index (χ2v) is 4.88.